The maximum Gasteiger partial charge on any atom is 0.302 e. The first-order valence-electron chi connectivity index (χ1n) is 11.5. The molecule has 1 aliphatic heterocycles. The van der Waals surface area contributed by atoms with Crippen LogP contribution in [0.4, 0.5) is 0 Å². The molecule has 7 heteroatoms. The number of nitrogens with two attached hydrogens (primary N) is 1. The highest BCUT2D eigenvalue weighted by atomic mass is 16.5. The molecular weight excluding hydrogens is 414 g/mol. The molecule has 0 spiro atoms. The van der Waals surface area contributed by atoms with E-state index in [2.05, 4.69) is 54.1 Å². The Morgan fingerprint density at radius 3 is 2.67 bits per heavy atom. The number of likely N-dealkylation sites (tertiary alicyclic amines) is 1. The van der Waals surface area contributed by atoms with Crippen molar-refractivity contribution in [3.63, 3.8) is 0 Å². The molecule has 1 aromatic carbocycles. The molecule has 174 valence electrons. The third-order valence-corrected chi connectivity index (χ3v) is 5.97. The maximum absolute atomic E-state index is 11.0. The molecule has 1 aliphatic rings. The van der Waals surface area contributed by atoms with Crippen molar-refractivity contribution in [3.05, 3.63) is 65.4 Å². The number of esters is 1. The lowest BCUT2D eigenvalue weighted by Gasteiger charge is -2.37. The van der Waals surface area contributed by atoms with Crippen LogP contribution in [0.25, 0.3) is 16.9 Å². The molecule has 2 N–H and O–H groups in total. The minimum absolute atomic E-state index is 0.00599. The zero-order valence-corrected chi connectivity index (χ0v) is 19.9. The number of rotatable bonds is 8. The molecule has 3 aromatic rings. The van der Waals surface area contributed by atoms with Gasteiger partial charge >= 0.3 is 5.97 Å². The fourth-order valence-electron chi connectivity index (χ4n) is 4.37. The molecule has 0 aliphatic carbocycles. The van der Waals surface area contributed by atoms with Crippen molar-refractivity contribution in [3.8, 4) is 16.9 Å². The third-order valence-electron chi connectivity index (χ3n) is 5.97. The second-order valence-electron chi connectivity index (χ2n) is 9.28. The highest BCUT2D eigenvalue weighted by molar-refractivity contribution is 5.66. The number of aromatic nitrogens is 3. The Morgan fingerprint density at radius 2 is 2.00 bits per heavy atom. The van der Waals surface area contributed by atoms with Crippen LogP contribution in [0.5, 0.6) is 0 Å². The monoisotopic (exact) mass is 447 g/mol. The van der Waals surface area contributed by atoms with Crippen LogP contribution in [0.3, 0.4) is 0 Å². The van der Waals surface area contributed by atoms with Crippen LogP contribution >= 0.6 is 0 Å². The van der Waals surface area contributed by atoms with Crippen molar-refractivity contribution in [2.75, 3.05) is 13.1 Å². The number of carbonyl (C=O) groups excluding carboxylic acids is 1. The molecule has 0 amide bonds. The number of hydrogen-bond donors (Lipinski definition) is 1. The topological polar surface area (TPSA) is 86.3 Å². The first-order valence-corrected chi connectivity index (χ1v) is 11.5. The average Bonchev–Trinajstić information content (AvgIpc) is 3.22. The highest BCUT2D eigenvalue weighted by Gasteiger charge is 2.29. The van der Waals surface area contributed by atoms with E-state index in [4.69, 9.17) is 15.5 Å². The van der Waals surface area contributed by atoms with E-state index in [0.29, 0.717) is 12.5 Å². The third kappa shape index (κ3) is 5.49. The Bertz CT molecular complexity index is 1130. The van der Waals surface area contributed by atoms with Gasteiger partial charge in [0.05, 0.1) is 29.1 Å². The van der Waals surface area contributed by atoms with E-state index in [1.54, 1.807) is 0 Å². The summed E-state index contributed by atoms with van der Waals surface area (Å²) >= 11 is 0. The summed E-state index contributed by atoms with van der Waals surface area (Å²) < 4.78 is 7.23. The quantitative estimate of drug-likeness (QED) is 0.531. The second kappa shape index (κ2) is 9.85. The number of pyridine rings is 1. The average molecular weight is 448 g/mol. The van der Waals surface area contributed by atoms with E-state index in [1.807, 2.05) is 24.0 Å². The van der Waals surface area contributed by atoms with Crippen LogP contribution in [-0.2, 0) is 29.0 Å². The van der Waals surface area contributed by atoms with Crippen molar-refractivity contribution < 1.29 is 9.53 Å². The molecule has 1 saturated heterocycles. The molecule has 0 bridgehead atoms. The van der Waals surface area contributed by atoms with Gasteiger partial charge in [-0.15, -0.1) is 0 Å². The predicted molar refractivity (Wildman–Crippen MR) is 129 cm³/mol. The standard InChI is InChI=1S/C26H33N5O2/c1-17(2)9-20-5-6-21(10-22(20)11-27)25-15-31(16-28-25)26-8-7-23(29-18(26)3)12-30-13-24(14-30)33-19(4)32/h5-8,10,15-17,24H,9,11-14,27H2,1-4H3. The molecule has 0 saturated carbocycles. The molecule has 0 unspecified atom stereocenters. The molecule has 0 radical (unpaired) electrons. The Hall–Kier alpha value is -3.03. The summed E-state index contributed by atoms with van der Waals surface area (Å²) in [5.41, 5.74) is 13.5. The lowest BCUT2D eigenvalue weighted by Crippen LogP contribution is -2.52. The molecule has 1 fully saturated rings. The van der Waals surface area contributed by atoms with Crippen LogP contribution < -0.4 is 5.73 Å². The van der Waals surface area contributed by atoms with Gasteiger partial charge in [-0.2, -0.15) is 0 Å². The summed E-state index contributed by atoms with van der Waals surface area (Å²) in [7, 11) is 0. The molecule has 33 heavy (non-hydrogen) atoms. The number of nitrogens with zero attached hydrogens (tertiary/aromatic N) is 4. The van der Waals surface area contributed by atoms with E-state index in [-0.39, 0.29) is 12.1 Å². The number of benzene rings is 1. The number of ether oxygens (including phenoxy) is 1. The highest BCUT2D eigenvalue weighted by Crippen LogP contribution is 2.25. The van der Waals surface area contributed by atoms with Gasteiger partial charge < -0.3 is 15.0 Å². The van der Waals surface area contributed by atoms with Gasteiger partial charge in [0.2, 0.25) is 0 Å². The fraction of sp³-hybridized carbons (Fsp3) is 0.423. The van der Waals surface area contributed by atoms with Gasteiger partial charge in [-0.3, -0.25) is 14.7 Å². The van der Waals surface area contributed by atoms with Crippen LogP contribution in [-0.4, -0.2) is 44.6 Å². The van der Waals surface area contributed by atoms with Crippen LogP contribution in [0.2, 0.25) is 0 Å². The van der Waals surface area contributed by atoms with Gasteiger partial charge in [0, 0.05) is 44.9 Å². The van der Waals surface area contributed by atoms with Crippen molar-refractivity contribution >= 4 is 5.97 Å². The van der Waals surface area contributed by atoms with Crippen molar-refractivity contribution in [1.82, 2.24) is 19.4 Å². The lowest BCUT2D eigenvalue weighted by molar-refractivity contribution is -0.155. The summed E-state index contributed by atoms with van der Waals surface area (Å²) in [5.74, 6) is 0.374. The van der Waals surface area contributed by atoms with Gasteiger partial charge in [-0.25, -0.2) is 4.98 Å². The van der Waals surface area contributed by atoms with Crippen molar-refractivity contribution in [2.24, 2.45) is 11.7 Å². The summed E-state index contributed by atoms with van der Waals surface area (Å²) in [4.78, 5) is 22.7. The summed E-state index contributed by atoms with van der Waals surface area (Å²) in [6.07, 6.45) is 4.91. The molecule has 0 atom stereocenters. The molecular formula is C26H33N5O2. The number of hydrogen-bond acceptors (Lipinski definition) is 6. The minimum Gasteiger partial charge on any atom is -0.460 e. The van der Waals surface area contributed by atoms with Crippen molar-refractivity contribution in [1.29, 1.82) is 0 Å². The summed E-state index contributed by atoms with van der Waals surface area (Å²) in [6.45, 7) is 10.7. The van der Waals surface area contributed by atoms with E-state index >= 15 is 0 Å². The molecule has 2 aromatic heterocycles. The predicted octanol–water partition coefficient (Wildman–Crippen LogP) is 3.65. The SMILES string of the molecule is CC(=O)OC1CN(Cc2ccc(-n3cnc(-c4ccc(CC(C)C)c(CN)c4)c3)c(C)n2)C1. The van der Waals surface area contributed by atoms with Gasteiger partial charge in [0.1, 0.15) is 6.10 Å². The summed E-state index contributed by atoms with van der Waals surface area (Å²) in [5, 5.41) is 0. The van der Waals surface area contributed by atoms with Crippen LogP contribution in [0, 0.1) is 12.8 Å². The van der Waals surface area contributed by atoms with E-state index in [1.165, 1.54) is 18.1 Å². The Balaban J connectivity index is 1.46. The maximum atomic E-state index is 11.0. The minimum atomic E-state index is -0.219. The second-order valence-corrected chi connectivity index (χ2v) is 9.28. The fourth-order valence-corrected chi connectivity index (χ4v) is 4.37. The van der Waals surface area contributed by atoms with Crippen LogP contribution in [0.15, 0.2) is 42.9 Å². The Kier molecular flexibility index (Phi) is 6.91. The van der Waals surface area contributed by atoms with E-state index in [0.717, 1.165) is 54.4 Å². The Morgan fingerprint density at radius 1 is 1.21 bits per heavy atom. The Labute approximate surface area is 195 Å². The zero-order valence-electron chi connectivity index (χ0n) is 19.9. The molecule has 4 rings (SSSR count). The number of carbonyl (C=O) groups is 1. The molecule has 3 heterocycles. The number of imidazole rings is 1. The van der Waals surface area contributed by atoms with Gasteiger partial charge in [-0.05, 0) is 48.6 Å². The van der Waals surface area contributed by atoms with E-state index in [9.17, 15) is 4.79 Å². The first kappa shape index (κ1) is 23.1. The largest absolute Gasteiger partial charge is 0.460 e. The van der Waals surface area contributed by atoms with E-state index < -0.39 is 0 Å². The molecule has 7 nitrogen and oxygen atoms in total. The summed E-state index contributed by atoms with van der Waals surface area (Å²) in [6, 6.07) is 10.6. The smallest absolute Gasteiger partial charge is 0.302 e. The van der Waals surface area contributed by atoms with Crippen LogP contribution in [0.1, 0.15) is 43.3 Å². The zero-order chi connectivity index (χ0) is 23.5. The van der Waals surface area contributed by atoms with Gasteiger partial charge in [0.25, 0.3) is 0 Å². The first-order chi connectivity index (χ1) is 15.8. The number of aryl methyl sites for hydroxylation is 1. The van der Waals surface area contributed by atoms with Crippen molar-refractivity contribution in [2.45, 2.75) is 53.3 Å². The lowest BCUT2D eigenvalue weighted by atomic mass is 9.95. The van der Waals surface area contributed by atoms with Gasteiger partial charge in [-0.1, -0.05) is 26.0 Å². The normalized spacial score (nSPS) is 14.5. The van der Waals surface area contributed by atoms with Gasteiger partial charge in [0.15, 0.2) is 0 Å².